The zero-order chi connectivity index (χ0) is 21.1. The van der Waals surface area contributed by atoms with Gasteiger partial charge in [0, 0.05) is 26.2 Å². The second kappa shape index (κ2) is 14.5. The molecule has 2 rings (SSSR count). The number of nitrogens with one attached hydrogen (secondary N) is 2. The Kier molecular flexibility index (Phi) is 12.9. The average Bonchev–Trinajstić information content (AvgIpc) is 2.69. The molecular weight excluding hydrogens is 502 g/mol. The van der Waals surface area contributed by atoms with Gasteiger partial charge in [0.25, 0.3) is 0 Å². The predicted octanol–water partition coefficient (Wildman–Crippen LogP) is 2.71. The van der Waals surface area contributed by atoms with Crippen molar-refractivity contribution in [3.05, 3.63) is 35.6 Å². The highest BCUT2D eigenvalue weighted by atomic mass is 127. The summed E-state index contributed by atoms with van der Waals surface area (Å²) in [5.41, 5.74) is 1.02. The first-order valence-electron chi connectivity index (χ1n) is 10.3. The van der Waals surface area contributed by atoms with Gasteiger partial charge in [-0.1, -0.05) is 12.1 Å². The highest BCUT2D eigenvalue weighted by Gasteiger charge is 2.22. The van der Waals surface area contributed by atoms with Gasteiger partial charge in [0.15, 0.2) is 5.96 Å². The summed E-state index contributed by atoms with van der Waals surface area (Å²) in [7, 11) is 0. The molecule has 9 heteroatoms. The van der Waals surface area contributed by atoms with E-state index in [1.807, 2.05) is 32.9 Å². The quantitative estimate of drug-likeness (QED) is 0.219. The molecule has 1 heterocycles. The van der Waals surface area contributed by atoms with Crippen LogP contribution in [0.3, 0.4) is 0 Å². The summed E-state index contributed by atoms with van der Waals surface area (Å²) in [4.78, 5) is 18.7. The Hall–Kier alpha value is -1.46. The molecule has 1 aliphatic heterocycles. The fourth-order valence-corrected chi connectivity index (χ4v) is 3.13. The standard InChI is InChI=1S/C21H33FN4O3.HI/c1-4-23-21(24-10-9-20(27)29-16(2)3)25-15-19(26-11-13-28-14-12-26)17-5-7-18(22)8-6-17;/h5-8,16,19H,4,9-15H2,1-3H3,(H2,23,24,25);1H. The summed E-state index contributed by atoms with van der Waals surface area (Å²) in [5, 5.41) is 6.38. The van der Waals surface area contributed by atoms with Crippen LogP contribution in [-0.2, 0) is 14.3 Å². The normalized spacial score (nSPS) is 16.0. The van der Waals surface area contributed by atoms with Crippen molar-refractivity contribution >= 4 is 35.9 Å². The summed E-state index contributed by atoms with van der Waals surface area (Å²) in [6.07, 6.45) is 0.155. The van der Waals surface area contributed by atoms with Crippen molar-refractivity contribution in [1.82, 2.24) is 15.5 Å². The summed E-state index contributed by atoms with van der Waals surface area (Å²) >= 11 is 0. The molecule has 1 aromatic carbocycles. The number of carbonyl (C=O) groups excluding carboxylic acids is 1. The third-order valence-electron chi connectivity index (χ3n) is 4.50. The van der Waals surface area contributed by atoms with E-state index >= 15 is 0 Å². The monoisotopic (exact) mass is 536 g/mol. The molecule has 170 valence electrons. The van der Waals surface area contributed by atoms with Crippen LogP contribution in [0.25, 0.3) is 0 Å². The minimum Gasteiger partial charge on any atom is -0.463 e. The molecule has 1 aromatic rings. The van der Waals surface area contributed by atoms with E-state index in [0.29, 0.717) is 38.8 Å². The zero-order valence-electron chi connectivity index (χ0n) is 18.0. The molecule has 1 unspecified atom stereocenters. The van der Waals surface area contributed by atoms with Gasteiger partial charge >= 0.3 is 5.97 Å². The van der Waals surface area contributed by atoms with Crippen molar-refractivity contribution in [1.29, 1.82) is 0 Å². The van der Waals surface area contributed by atoms with Crippen LogP contribution in [-0.4, -0.2) is 68.9 Å². The molecule has 1 aliphatic rings. The lowest BCUT2D eigenvalue weighted by Gasteiger charge is -2.34. The lowest BCUT2D eigenvalue weighted by Crippen LogP contribution is -2.42. The largest absolute Gasteiger partial charge is 0.463 e. The minimum atomic E-state index is -0.249. The Morgan fingerprint density at radius 3 is 2.50 bits per heavy atom. The topological polar surface area (TPSA) is 75.2 Å². The van der Waals surface area contributed by atoms with Crippen LogP contribution in [0, 0.1) is 5.82 Å². The van der Waals surface area contributed by atoms with E-state index in [9.17, 15) is 9.18 Å². The molecule has 0 spiro atoms. The molecule has 7 nitrogen and oxygen atoms in total. The molecule has 2 N–H and O–H groups in total. The number of esters is 1. The van der Waals surface area contributed by atoms with Crippen molar-refractivity contribution in [3.8, 4) is 0 Å². The number of guanidine groups is 1. The van der Waals surface area contributed by atoms with Gasteiger partial charge < -0.3 is 20.1 Å². The summed E-state index contributed by atoms with van der Waals surface area (Å²) in [6.45, 7) is 10.3. The molecule has 1 fully saturated rings. The van der Waals surface area contributed by atoms with Gasteiger partial charge in [-0.3, -0.25) is 14.7 Å². The Morgan fingerprint density at radius 1 is 1.23 bits per heavy atom. The van der Waals surface area contributed by atoms with E-state index in [-0.39, 0.29) is 54.3 Å². The Bertz CT molecular complexity index is 652. The van der Waals surface area contributed by atoms with Crippen LogP contribution in [0.15, 0.2) is 29.3 Å². The number of benzene rings is 1. The molecule has 0 aliphatic carbocycles. The van der Waals surface area contributed by atoms with E-state index in [1.54, 1.807) is 0 Å². The van der Waals surface area contributed by atoms with Gasteiger partial charge in [-0.05, 0) is 38.5 Å². The maximum Gasteiger partial charge on any atom is 0.307 e. The number of ether oxygens (including phenoxy) is 2. The van der Waals surface area contributed by atoms with Crippen LogP contribution in [0.4, 0.5) is 4.39 Å². The molecule has 1 atom stereocenters. The van der Waals surface area contributed by atoms with Crippen molar-refractivity contribution in [3.63, 3.8) is 0 Å². The van der Waals surface area contributed by atoms with E-state index < -0.39 is 0 Å². The number of hydrogen-bond donors (Lipinski definition) is 2. The van der Waals surface area contributed by atoms with Crippen LogP contribution in [0.2, 0.25) is 0 Å². The van der Waals surface area contributed by atoms with Crippen molar-refractivity contribution < 1.29 is 18.7 Å². The van der Waals surface area contributed by atoms with Gasteiger partial charge in [0.05, 0.1) is 38.3 Å². The molecule has 0 bridgehead atoms. The molecule has 0 amide bonds. The van der Waals surface area contributed by atoms with Gasteiger partial charge in [0.1, 0.15) is 5.82 Å². The molecule has 30 heavy (non-hydrogen) atoms. The van der Waals surface area contributed by atoms with E-state index in [2.05, 4.69) is 15.5 Å². The van der Waals surface area contributed by atoms with Gasteiger partial charge in [-0.2, -0.15) is 0 Å². The number of morpholine rings is 1. The highest BCUT2D eigenvalue weighted by molar-refractivity contribution is 14.0. The summed E-state index contributed by atoms with van der Waals surface area (Å²) in [5.74, 6) is 0.160. The van der Waals surface area contributed by atoms with Gasteiger partial charge in [-0.15, -0.1) is 24.0 Å². The SMILES string of the molecule is CCNC(=NCC(c1ccc(F)cc1)N1CCOCC1)NCCC(=O)OC(C)C.I. The number of aliphatic imine (C=N–C) groups is 1. The number of halogens is 2. The predicted molar refractivity (Wildman–Crippen MR) is 127 cm³/mol. The fraction of sp³-hybridized carbons (Fsp3) is 0.619. The first-order valence-corrected chi connectivity index (χ1v) is 10.3. The Labute approximate surface area is 195 Å². The van der Waals surface area contributed by atoms with E-state index in [1.165, 1.54) is 12.1 Å². The number of hydrogen-bond acceptors (Lipinski definition) is 5. The lowest BCUT2D eigenvalue weighted by atomic mass is 10.0. The summed E-state index contributed by atoms with van der Waals surface area (Å²) < 4.78 is 24.0. The second-order valence-corrected chi connectivity index (χ2v) is 7.15. The molecule has 0 aromatic heterocycles. The highest BCUT2D eigenvalue weighted by Crippen LogP contribution is 2.22. The third-order valence-corrected chi connectivity index (χ3v) is 4.50. The van der Waals surface area contributed by atoms with E-state index in [4.69, 9.17) is 14.5 Å². The molecule has 1 saturated heterocycles. The van der Waals surface area contributed by atoms with Gasteiger partial charge in [0.2, 0.25) is 0 Å². The Balaban J connectivity index is 0.00000450. The van der Waals surface area contributed by atoms with E-state index in [0.717, 1.165) is 18.7 Å². The van der Waals surface area contributed by atoms with Crippen LogP contribution in [0.1, 0.15) is 38.8 Å². The second-order valence-electron chi connectivity index (χ2n) is 7.15. The maximum atomic E-state index is 13.4. The summed E-state index contributed by atoms with van der Waals surface area (Å²) in [6, 6.07) is 6.62. The molecular formula is C21H34FIN4O3. The fourth-order valence-electron chi connectivity index (χ4n) is 3.13. The molecule has 0 saturated carbocycles. The van der Waals surface area contributed by atoms with Gasteiger partial charge in [-0.25, -0.2) is 4.39 Å². The van der Waals surface area contributed by atoms with Crippen molar-refractivity contribution in [2.75, 3.05) is 45.9 Å². The first kappa shape index (κ1) is 26.6. The average molecular weight is 536 g/mol. The third kappa shape index (κ3) is 9.57. The van der Waals surface area contributed by atoms with Crippen molar-refractivity contribution in [2.45, 2.75) is 39.3 Å². The van der Waals surface area contributed by atoms with Crippen LogP contribution >= 0.6 is 24.0 Å². The minimum absolute atomic E-state index is 0. The van der Waals surface area contributed by atoms with Crippen LogP contribution in [0.5, 0.6) is 0 Å². The lowest BCUT2D eigenvalue weighted by molar-refractivity contribution is -0.147. The van der Waals surface area contributed by atoms with Crippen molar-refractivity contribution in [2.24, 2.45) is 4.99 Å². The number of nitrogens with zero attached hydrogens (tertiary/aromatic N) is 2. The first-order chi connectivity index (χ1) is 14.0. The maximum absolute atomic E-state index is 13.4. The zero-order valence-corrected chi connectivity index (χ0v) is 20.4. The smallest absolute Gasteiger partial charge is 0.307 e. The number of rotatable bonds is 9. The molecule has 0 radical (unpaired) electrons. The Morgan fingerprint density at radius 2 is 1.90 bits per heavy atom. The number of carbonyl (C=O) groups is 1. The van der Waals surface area contributed by atoms with Crippen LogP contribution < -0.4 is 10.6 Å².